The lowest BCUT2D eigenvalue weighted by Gasteiger charge is -2.24. The van der Waals surface area contributed by atoms with Gasteiger partial charge in [-0.15, -0.1) is 23.2 Å². The van der Waals surface area contributed by atoms with Gasteiger partial charge < -0.3 is 9.47 Å². The molecule has 0 aromatic rings. The summed E-state index contributed by atoms with van der Waals surface area (Å²) in [6.45, 7) is 7.90. The lowest BCUT2D eigenvalue weighted by Crippen LogP contribution is -2.29. The molecule has 4 nitrogen and oxygen atoms in total. The number of esters is 2. The smallest absolute Gasteiger partial charge is 0.306 e. The summed E-state index contributed by atoms with van der Waals surface area (Å²) in [5, 5.41) is 0. The first kappa shape index (κ1) is 18.5. The molecule has 112 valence electrons. The van der Waals surface area contributed by atoms with E-state index in [2.05, 4.69) is 0 Å². The molecule has 19 heavy (non-hydrogen) atoms. The second kappa shape index (κ2) is 9.43. The van der Waals surface area contributed by atoms with E-state index in [0.717, 1.165) is 0 Å². The number of alkyl halides is 2. The quantitative estimate of drug-likeness (QED) is 0.509. The van der Waals surface area contributed by atoms with Gasteiger partial charge in [0.15, 0.2) is 0 Å². The van der Waals surface area contributed by atoms with Crippen LogP contribution in [0.4, 0.5) is 0 Å². The third kappa shape index (κ3) is 9.11. The van der Waals surface area contributed by atoms with Crippen molar-refractivity contribution in [1.82, 2.24) is 0 Å². The van der Waals surface area contributed by atoms with Crippen LogP contribution in [-0.2, 0) is 19.1 Å². The summed E-state index contributed by atoms with van der Waals surface area (Å²) in [5.74, 6) is -0.417. The van der Waals surface area contributed by atoms with Crippen molar-refractivity contribution in [3.63, 3.8) is 0 Å². The molecule has 0 aliphatic carbocycles. The van der Waals surface area contributed by atoms with Crippen molar-refractivity contribution in [2.75, 3.05) is 6.61 Å². The van der Waals surface area contributed by atoms with Gasteiger partial charge in [0.2, 0.25) is 0 Å². The van der Waals surface area contributed by atoms with Crippen LogP contribution in [-0.4, -0.2) is 29.5 Å². The zero-order valence-electron chi connectivity index (χ0n) is 11.8. The summed E-state index contributed by atoms with van der Waals surface area (Å²) >= 11 is 10.8. The van der Waals surface area contributed by atoms with Crippen molar-refractivity contribution >= 4 is 35.1 Å². The van der Waals surface area contributed by atoms with Crippen LogP contribution >= 0.6 is 23.2 Å². The average molecular weight is 313 g/mol. The maximum Gasteiger partial charge on any atom is 0.306 e. The summed E-state index contributed by atoms with van der Waals surface area (Å²) in [4.78, 5) is 22.1. The Balaban J connectivity index is 4.01. The number of carbonyl (C=O) groups is 2. The maximum absolute atomic E-state index is 11.6. The predicted molar refractivity (Wildman–Crippen MR) is 75.2 cm³/mol. The highest BCUT2D eigenvalue weighted by Gasteiger charge is 2.22. The molecule has 0 spiro atoms. The normalized spacial score (nSPS) is 11.5. The van der Waals surface area contributed by atoms with Crippen LogP contribution in [0.1, 0.15) is 40.5 Å². The van der Waals surface area contributed by atoms with Crippen LogP contribution in [0.5, 0.6) is 0 Å². The molecule has 0 atom stereocenters. The first-order valence-electron chi connectivity index (χ1n) is 6.37. The van der Waals surface area contributed by atoms with E-state index in [1.807, 2.05) is 27.7 Å². The van der Waals surface area contributed by atoms with E-state index in [0.29, 0.717) is 0 Å². The molecule has 0 bridgehead atoms. The predicted octanol–water partition coefficient (Wildman–Crippen LogP) is 3.34. The van der Waals surface area contributed by atoms with Gasteiger partial charge in [0, 0.05) is 0 Å². The van der Waals surface area contributed by atoms with Crippen LogP contribution in [0.2, 0.25) is 0 Å². The largest absolute Gasteiger partial charge is 0.463 e. The Morgan fingerprint density at radius 1 is 0.947 bits per heavy atom. The van der Waals surface area contributed by atoms with Crippen molar-refractivity contribution in [3.05, 3.63) is 0 Å². The Kier molecular flexibility index (Phi) is 9.19. The van der Waals surface area contributed by atoms with Crippen molar-refractivity contribution in [1.29, 1.82) is 0 Å². The molecule has 0 amide bonds. The van der Waals surface area contributed by atoms with Crippen LogP contribution in [0.3, 0.4) is 0 Å². The molecule has 0 aromatic heterocycles. The molecule has 0 saturated carbocycles. The fraction of sp³-hybridized carbons (Fsp3) is 0.846. The number of rotatable bonds is 8. The van der Waals surface area contributed by atoms with E-state index in [-0.39, 0.29) is 37.4 Å². The molecule has 6 heteroatoms. The lowest BCUT2D eigenvalue weighted by atomic mass is 9.96. The molecule has 0 rings (SSSR count). The van der Waals surface area contributed by atoms with E-state index >= 15 is 0 Å². The van der Waals surface area contributed by atoms with Crippen molar-refractivity contribution in [3.8, 4) is 0 Å². The van der Waals surface area contributed by atoms with E-state index in [4.69, 9.17) is 32.7 Å². The first-order valence-corrected chi connectivity index (χ1v) is 7.24. The van der Waals surface area contributed by atoms with Crippen molar-refractivity contribution in [2.24, 2.45) is 11.8 Å². The van der Waals surface area contributed by atoms with Gasteiger partial charge in [-0.25, -0.2) is 0 Å². The molecular weight excluding hydrogens is 291 g/mol. The highest BCUT2D eigenvalue weighted by atomic mass is 35.5. The van der Waals surface area contributed by atoms with Gasteiger partial charge in [-0.1, -0.05) is 27.7 Å². The number of hydrogen-bond acceptors (Lipinski definition) is 4. The maximum atomic E-state index is 11.6. The molecule has 0 aromatic carbocycles. The van der Waals surface area contributed by atoms with Gasteiger partial charge in [-0.3, -0.25) is 9.59 Å². The van der Waals surface area contributed by atoms with Gasteiger partial charge in [0.25, 0.3) is 0 Å². The molecule has 0 radical (unpaired) electrons. The SMILES string of the molecule is CC(C)C(OC(=O)CCC(=O)OCC(Cl)Cl)C(C)C. The summed E-state index contributed by atoms with van der Waals surface area (Å²) < 4.78 is 10.1. The fourth-order valence-electron chi connectivity index (χ4n) is 1.68. The van der Waals surface area contributed by atoms with E-state index in [1.165, 1.54) is 0 Å². The third-order valence-electron chi connectivity index (χ3n) is 2.49. The summed E-state index contributed by atoms with van der Waals surface area (Å²) in [5.41, 5.74) is 0. The Labute approximate surface area is 124 Å². The number of hydrogen-bond donors (Lipinski definition) is 0. The topological polar surface area (TPSA) is 52.6 Å². The summed E-state index contributed by atoms with van der Waals surface area (Å²) in [7, 11) is 0. The lowest BCUT2D eigenvalue weighted by molar-refractivity contribution is -0.157. The van der Waals surface area contributed by atoms with Crippen LogP contribution in [0, 0.1) is 11.8 Å². The number of ether oxygens (including phenoxy) is 2. The molecule has 0 unspecified atom stereocenters. The molecule has 0 heterocycles. The van der Waals surface area contributed by atoms with Gasteiger partial charge >= 0.3 is 11.9 Å². The first-order chi connectivity index (χ1) is 8.73. The van der Waals surface area contributed by atoms with Crippen molar-refractivity contribution < 1.29 is 19.1 Å². The monoisotopic (exact) mass is 312 g/mol. The Bertz CT molecular complexity index is 282. The second-order valence-corrected chi connectivity index (χ2v) is 6.29. The van der Waals surface area contributed by atoms with Gasteiger partial charge in [-0.2, -0.15) is 0 Å². The van der Waals surface area contributed by atoms with Crippen LogP contribution < -0.4 is 0 Å². The molecule has 0 aliphatic heterocycles. The molecule has 0 N–H and O–H groups in total. The Hall–Kier alpha value is -0.480. The minimum Gasteiger partial charge on any atom is -0.463 e. The minimum atomic E-state index is -0.748. The van der Waals surface area contributed by atoms with Crippen LogP contribution in [0.15, 0.2) is 0 Å². The van der Waals surface area contributed by atoms with Gasteiger partial charge in [-0.05, 0) is 11.8 Å². The van der Waals surface area contributed by atoms with Gasteiger partial charge in [0.05, 0.1) is 12.8 Å². The Morgan fingerprint density at radius 2 is 1.42 bits per heavy atom. The molecular formula is C13H22Cl2O4. The number of halogens is 2. The van der Waals surface area contributed by atoms with Gasteiger partial charge in [0.1, 0.15) is 17.5 Å². The minimum absolute atomic E-state index is 0.00398. The Morgan fingerprint density at radius 3 is 1.84 bits per heavy atom. The molecule has 0 saturated heterocycles. The molecule has 0 aliphatic rings. The summed E-state index contributed by atoms with van der Waals surface area (Å²) in [6, 6.07) is 0. The van der Waals surface area contributed by atoms with E-state index < -0.39 is 16.8 Å². The third-order valence-corrected chi connectivity index (χ3v) is 2.74. The van der Waals surface area contributed by atoms with E-state index in [9.17, 15) is 9.59 Å². The second-order valence-electron chi connectivity index (χ2n) is 5.02. The zero-order valence-corrected chi connectivity index (χ0v) is 13.3. The zero-order chi connectivity index (χ0) is 15.0. The number of carbonyl (C=O) groups excluding carboxylic acids is 2. The van der Waals surface area contributed by atoms with E-state index in [1.54, 1.807) is 0 Å². The molecule has 0 fully saturated rings. The summed E-state index contributed by atoms with van der Waals surface area (Å²) in [6.07, 6.45) is -0.162. The van der Waals surface area contributed by atoms with Crippen LogP contribution in [0.25, 0.3) is 0 Å². The fourth-order valence-corrected chi connectivity index (χ4v) is 1.81. The highest BCUT2D eigenvalue weighted by Crippen LogP contribution is 2.17. The average Bonchev–Trinajstić information content (AvgIpc) is 2.29. The highest BCUT2D eigenvalue weighted by molar-refractivity contribution is 6.44. The van der Waals surface area contributed by atoms with Crippen molar-refractivity contribution in [2.45, 2.75) is 51.5 Å². The standard InChI is InChI=1S/C13H22Cl2O4/c1-8(2)13(9(3)4)19-12(17)6-5-11(16)18-7-10(14)15/h8-10,13H,5-7H2,1-4H3.